The number of ether oxygens (including phenoxy) is 2. The van der Waals surface area contributed by atoms with E-state index < -0.39 is 17.6 Å². The highest BCUT2D eigenvalue weighted by atomic mass is 19.1. The minimum atomic E-state index is -0.834. The summed E-state index contributed by atoms with van der Waals surface area (Å²) in [6, 6.07) is 5.74. The van der Waals surface area contributed by atoms with Gasteiger partial charge in [-0.25, -0.2) is 18.6 Å². The van der Waals surface area contributed by atoms with Gasteiger partial charge in [0.05, 0.1) is 12.7 Å². The first-order chi connectivity index (χ1) is 9.10. The van der Waals surface area contributed by atoms with Gasteiger partial charge in [-0.1, -0.05) is 0 Å². The van der Waals surface area contributed by atoms with Gasteiger partial charge in [-0.05, 0) is 18.2 Å². The molecule has 0 unspecified atom stereocenters. The van der Waals surface area contributed by atoms with Gasteiger partial charge in [0.25, 0.3) is 0 Å². The average molecular weight is 265 g/mol. The minimum absolute atomic E-state index is 0.0816. The van der Waals surface area contributed by atoms with E-state index >= 15 is 0 Å². The second kappa shape index (κ2) is 5.43. The highest BCUT2D eigenvalue weighted by Crippen LogP contribution is 2.23. The van der Waals surface area contributed by atoms with Crippen LogP contribution in [0.25, 0.3) is 0 Å². The van der Waals surface area contributed by atoms with E-state index in [1.165, 1.54) is 25.4 Å². The number of benzene rings is 1. The highest BCUT2D eigenvalue weighted by Gasteiger charge is 2.09. The van der Waals surface area contributed by atoms with Crippen molar-refractivity contribution in [2.45, 2.75) is 0 Å². The predicted molar refractivity (Wildman–Crippen MR) is 62.0 cm³/mol. The van der Waals surface area contributed by atoms with Gasteiger partial charge < -0.3 is 9.47 Å². The summed E-state index contributed by atoms with van der Waals surface area (Å²) in [7, 11) is 1.25. The smallest absolute Gasteiger partial charge is 0.339 e. The third kappa shape index (κ3) is 3.04. The number of pyridine rings is 1. The zero-order chi connectivity index (χ0) is 13.8. The normalized spacial score (nSPS) is 10.1. The van der Waals surface area contributed by atoms with Crippen molar-refractivity contribution >= 4 is 5.97 Å². The molecule has 0 atom stereocenters. The molecule has 0 spiro atoms. The van der Waals surface area contributed by atoms with Gasteiger partial charge in [-0.15, -0.1) is 0 Å². The quantitative estimate of drug-likeness (QED) is 0.800. The van der Waals surface area contributed by atoms with Crippen LogP contribution in [-0.2, 0) is 4.74 Å². The van der Waals surface area contributed by atoms with E-state index in [0.717, 1.165) is 12.1 Å². The lowest BCUT2D eigenvalue weighted by Crippen LogP contribution is -2.01. The molecule has 0 radical (unpaired) electrons. The van der Waals surface area contributed by atoms with Crippen molar-refractivity contribution in [3.8, 4) is 11.6 Å². The fraction of sp³-hybridized carbons (Fsp3) is 0.0769. The number of halogens is 2. The molecule has 0 aliphatic carbocycles. The van der Waals surface area contributed by atoms with E-state index in [4.69, 9.17) is 4.74 Å². The molecule has 0 N–H and O–H groups in total. The van der Waals surface area contributed by atoms with Crippen LogP contribution < -0.4 is 4.74 Å². The van der Waals surface area contributed by atoms with Crippen molar-refractivity contribution in [1.29, 1.82) is 0 Å². The number of nitrogens with zero attached hydrogens (tertiary/aromatic N) is 1. The van der Waals surface area contributed by atoms with E-state index in [1.54, 1.807) is 0 Å². The van der Waals surface area contributed by atoms with Crippen LogP contribution in [0.4, 0.5) is 8.78 Å². The highest BCUT2D eigenvalue weighted by molar-refractivity contribution is 5.88. The maximum atomic E-state index is 13.3. The Labute approximate surface area is 107 Å². The molecule has 0 bridgehead atoms. The number of carbonyl (C=O) groups excluding carboxylic acids is 1. The number of hydrogen-bond donors (Lipinski definition) is 0. The Bertz CT molecular complexity index is 599. The minimum Gasteiger partial charge on any atom is -0.465 e. The Hall–Kier alpha value is -2.50. The molecule has 0 amide bonds. The summed E-state index contributed by atoms with van der Waals surface area (Å²) in [4.78, 5) is 15.0. The van der Waals surface area contributed by atoms with Gasteiger partial charge in [0.15, 0.2) is 11.6 Å². The summed E-state index contributed by atoms with van der Waals surface area (Å²) in [6.45, 7) is 0. The average Bonchev–Trinajstić information content (AvgIpc) is 2.42. The maximum Gasteiger partial charge on any atom is 0.339 e. The van der Waals surface area contributed by atoms with Gasteiger partial charge in [0.2, 0.25) is 5.88 Å². The summed E-state index contributed by atoms with van der Waals surface area (Å²) in [6.07, 6.45) is 1.24. The summed E-state index contributed by atoms with van der Waals surface area (Å²) in [5, 5.41) is 0. The van der Waals surface area contributed by atoms with E-state index in [1.807, 2.05) is 0 Å². The standard InChI is InChI=1S/C13H9F2NO3/c1-18-13(17)8-2-5-12(16-7-8)19-11-4-3-9(14)6-10(11)15/h2-7H,1H3. The first-order valence-electron chi connectivity index (χ1n) is 5.27. The molecule has 2 rings (SSSR count). The van der Waals surface area contributed by atoms with Crippen molar-refractivity contribution in [3.05, 3.63) is 53.7 Å². The maximum absolute atomic E-state index is 13.3. The second-order valence-corrected chi connectivity index (χ2v) is 3.55. The number of hydrogen-bond acceptors (Lipinski definition) is 4. The number of esters is 1. The van der Waals surface area contributed by atoms with Crippen molar-refractivity contribution in [3.63, 3.8) is 0 Å². The molecule has 0 aliphatic rings. The van der Waals surface area contributed by atoms with E-state index in [0.29, 0.717) is 6.07 Å². The molecule has 0 saturated heterocycles. The fourth-order valence-corrected chi connectivity index (χ4v) is 1.35. The monoisotopic (exact) mass is 265 g/mol. The molecule has 1 aromatic heterocycles. The van der Waals surface area contributed by atoms with Crippen LogP contribution in [0.2, 0.25) is 0 Å². The lowest BCUT2D eigenvalue weighted by atomic mass is 10.3. The van der Waals surface area contributed by atoms with Crippen LogP contribution in [0.15, 0.2) is 36.5 Å². The summed E-state index contributed by atoms with van der Waals surface area (Å²) < 4.78 is 35.7. The molecule has 19 heavy (non-hydrogen) atoms. The van der Waals surface area contributed by atoms with Gasteiger partial charge >= 0.3 is 5.97 Å². The Morgan fingerprint density at radius 2 is 2.00 bits per heavy atom. The molecule has 0 aliphatic heterocycles. The van der Waals surface area contributed by atoms with E-state index in [-0.39, 0.29) is 17.2 Å². The lowest BCUT2D eigenvalue weighted by Gasteiger charge is -2.06. The molecule has 1 aromatic carbocycles. The molecule has 98 valence electrons. The molecule has 4 nitrogen and oxygen atoms in total. The fourth-order valence-electron chi connectivity index (χ4n) is 1.35. The molecule has 0 saturated carbocycles. The number of aromatic nitrogens is 1. The van der Waals surface area contributed by atoms with Crippen LogP contribution in [0, 0.1) is 11.6 Å². The van der Waals surface area contributed by atoms with Gasteiger partial charge in [-0.2, -0.15) is 0 Å². The van der Waals surface area contributed by atoms with Crippen molar-refractivity contribution in [2.24, 2.45) is 0 Å². The third-order valence-corrected chi connectivity index (χ3v) is 2.27. The Balaban J connectivity index is 2.17. The van der Waals surface area contributed by atoms with Gasteiger partial charge in [0, 0.05) is 18.3 Å². The second-order valence-electron chi connectivity index (χ2n) is 3.55. The summed E-state index contributed by atoms with van der Waals surface area (Å²) in [5.41, 5.74) is 0.245. The zero-order valence-electron chi connectivity index (χ0n) is 9.89. The topological polar surface area (TPSA) is 48.4 Å². The lowest BCUT2D eigenvalue weighted by molar-refractivity contribution is 0.0600. The van der Waals surface area contributed by atoms with Crippen molar-refractivity contribution < 1.29 is 23.0 Å². The van der Waals surface area contributed by atoms with Crippen molar-refractivity contribution in [2.75, 3.05) is 7.11 Å². The molecular formula is C13H9F2NO3. The Morgan fingerprint density at radius 1 is 1.21 bits per heavy atom. The van der Waals surface area contributed by atoms with E-state index in [9.17, 15) is 13.6 Å². The first kappa shape index (κ1) is 12.9. The SMILES string of the molecule is COC(=O)c1ccc(Oc2ccc(F)cc2F)nc1. The molecule has 2 aromatic rings. The molecule has 6 heteroatoms. The zero-order valence-corrected chi connectivity index (χ0v) is 9.89. The number of rotatable bonds is 3. The van der Waals surface area contributed by atoms with E-state index in [2.05, 4.69) is 9.72 Å². The first-order valence-corrected chi connectivity index (χ1v) is 5.27. The number of methoxy groups -OCH3 is 1. The molecular weight excluding hydrogens is 256 g/mol. The van der Waals surface area contributed by atoms with Crippen molar-refractivity contribution in [1.82, 2.24) is 4.98 Å². The van der Waals surface area contributed by atoms with Crippen LogP contribution in [0.1, 0.15) is 10.4 Å². The number of carbonyl (C=O) groups is 1. The van der Waals surface area contributed by atoms with Crippen LogP contribution in [0.3, 0.4) is 0 Å². The summed E-state index contributed by atoms with van der Waals surface area (Å²) in [5.74, 6) is -2.14. The molecule has 0 fully saturated rings. The Morgan fingerprint density at radius 3 is 2.58 bits per heavy atom. The van der Waals surface area contributed by atoms with Gasteiger partial charge in [-0.3, -0.25) is 0 Å². The van der Waals surface area contributed by atoms with Gasteiger partial charge in [0.1, 0.15) is 5.82 Å². The van der Waals surface area contributed by atoms with Crippen LogP contribution in [-0.4, -0.2) is 18.1 Å². The Kier molecular flexibility index (Phi) is 3.70. The third-order valence-electron chi connectivity index (χ3n) is 2.27. The predicted octanol–water partition coefficient (Wildman–Crippen LogP) is 2.94. The summed E-state index contributed by atoms with van der Waals surface area (Å²) >= 11 is 0. The van der Waals surface area contributed by atoms with Crippen LogP contribution in [0.5, 0.6) is 11.6 Å². The van der Waals surface area contributed by atoms with Crippen LogP contribution >= 0.6 is 0 Å². The largest absolute Gasteiger partial charge is 0.465 e. The molecule has 1 heterocycles.